The van der Waals surface area contributed by atoms with E-state index < -0.39 is 0 Å². The maximum Gasteiger partial charge on any atom is 0.251 e. The molecule has 3 nitrogen and oxygen atoms in total. The summed E-state index contributed by atoms with van der Waals surface area (Å²) in [5.74, 6) is 0.541. The minimum atomic E-state index is 0.0192. The molecule has 0 saturated carbocycles. The Morgan fingerprint density at radius 3 is 2.36 bits per heavy atom. The predicted molar refractivity (Wildman–Crippen MR) is 93.8 cm³/mol. The molecule has 2 N–H and O–H groups in total. The Hall–Kier alpha value is -2.13. The molecule has 0 radical (unpaired) electrons. The van der Waals surface area contributed by atoms with E-state index in [1.165, 1.54) is 5.56 Å². The molecule has 0 atom stereocenters. The maximum atomic E-state index is 12.0. The van der Waals surface area contributed by atoms with Crippen molar-refractivity contribution in [3.63, 3.8) is 0 Å². The molecule has 0 amide bonds. The van der Waals surface area contributed by atoms with Gasteiger partial charge in [0.25, 0.3) is 5.56 Å². The molecule has 22 heavy (non-hydrogen) atoms. The van der Waals surface area contributed by atoms with E-state index in [-0.39, 0.29) is 5.56 Å². The van der Waals surface area contributed by atoms with Crippen LogP contribution in [0.5, 0.6) is 0 Å². The van der Waals surface area contributed by atoms with Crippen LogP contribution >= 0.6 is 0 Å². The highest BCUT2D eigenvalue weighted by Gasteiger charge is 1.98. The number of aryl methyl sites for hydroxylation is 1. The molecule has 1 aromatic heterocycles. The molecule has 0 fully saturated rings. The number of aromatic nitrogens is 1. The van der Waals surface area contributed by atoms with Crippen LogP contribution in [-0.4, -0.2) is 11.1 Å². The van der Waals surface area contributed by atoms with Crippen LogP contribution in [0.25, 0.3) is 12.2 Å². The summed E-state index contributed by atoms with van der Waals surface area (Å²) >= 11 is 0. The minimum absolute atomic E-state index is 0.0192. The van der Waals surface area contributed by atoms with Gasteiger partial charge in [-0.25, -0.2) is 0 Å². The predicted octanol–water partition coefficient (Wildman–Crippen LogP) is 3.49. The third-order valence-corrected chi connectivity index (χ3v) is 3.69. The van der Waals surface area contributed by atoms with Gasteiger partial charge >= 0.3 is 0 Å². The fourth-order valence-corrected chi connectivity index (χ4v) is 2.26. The second-order valence-corrected chi connectivity index (χ2v) is 5.79. The molecule has 116 valence electrons. The molecule has 0 bridgehead atoms. The molecule has 0 unspecified atom stereocenters. The van der Waals surface area contributed by atoms with E-state index >= 15 is 0 Å². The second-order valence-electron chi connectivity index (χ2n) is 5.79. The lowest BCUT2D eigenvalue weighted by Crippen LogP contribution is -2.20. The average Bonchev–Trinajstić information content (AvgIpc) is 2.52. The summed E-state index contributed by atoms with van der Waals surface area (Å²) in [4.78, 5) is 12.0. The van der Waals surface area contributed by atoms with Crippen LogP contribution in [0.15, 0.2) is 47.4 Å². The third-order valence-electron chi connectivity index (χ3n) is 3.69. The third kappa shape index (κ3) is 4.43. The van der Waals surface area contributed by atoms with Gasteiger partial charge in [-0.2, -0.15) is 0 Å². The Bertz CT molecular complexity index is 681. The molecule has 0 aliphatic heterocycles. The highest BCUT2D eigenvalue weighted by Crippen LogP contribution is 2.16. The lowest BCUT2D eigenvalue weighted by Gasteiger charge is -2.05. The number of nitrogens with zero attached hydrogens (tertiary/aromatic N) is 1. The molecular formula is C19H24N2O. The molecule has 1 aromatic carbocycles. The first-order valence-corrected chi connectivity index (χ1v) is 7.79. The molecule has 1 heterocycles. The summed E-state index contributed by atoms with van der Waals surface area (Å²) in [5.41, 5.74) is 8.88. The van der Waals surface area contributed by atoms with Crippen LogP contribution in [-0.2, 0) is 6.54 Å². The zero-order chi connectivity index (χ0) is 15.9. The van der Waals surface area contributed by atoms with Crippen molar-refractivity contribution in [3.8, 4) is 0 Å². The SMILES string of the molecule is CC(C)c1ccc(/C=C/c2ccn(CCCN)c(=O)c2)cc1. The van der Waals surface area contributed by atoms with Crippen LogP contribution in [0.1, 0.15) is 42.9 Å². The summed E-state index contributed by atoms with van der Waals surface area (Å²) in [6.45, 7) is 5.64. The zero-order valence-electron chi connectivity index (χ0n) is 13.3. The van der Waals surface area contributed by atoms with Crippen molar-refractivity contribution in [2.75, 3.05) is 6.54 Å². The van der Waals surface area contributed by atoms with Crippen molar-refractivity contribution in [1.29, 1.82) is 0 Å². The van der Waals surface area contributed by atoms with Gasteiger partial charge in [0.1, 0.15) is 0 Å². The van der Waals surface area contributed by atoms with E-state index in [0.29, 0.717) is 19.0 Å². The van der Waals surface area contributed by atoms with E-state index in [2.05, 4.69) is 38.1 Å². The standard InChI is InChI=1S/C19H24N2O/c1-15(2)18-8-6-16(7-9-18)4-5-17-10-13-21(12-3-11-20)19(22)14-17/h4-10,13-15H,3,11-12,20H2,1-2H3/b5-4+. The molecule has 0 aliphatic carbocycles. The highest BCUT2D eigenvalue weighted by atomic mass is 16.1. The zero-order valence-corrected chi connectivity index (χ0v) is 13.3. The van der Waals surface area contributed by atoms with Gasteiger partial charge in [-0.15, -0.1) is 0 Å². The number of rotatable bonds is 6. The summed E-state index contributed by atoms with van der Waals surface area (Å²) in [6.07, 6.45) is 6.65. The molecule has 2 rings (SSSR count). The van der Waals surface area contributed by atoms with Gasteiger partial charge in [-0.05, 0) is 41.6 Å². The smallest absolute Gasteiger partial charge is 0.251 e. The normalized spacial score (nSPS) is 11.5. The number of pyridine rings is 1. The Kier molecular flexibility index (Phi) is 5.73. The minimum Gasteiger partial charge on any atom is -0.330 e. The Morgan fingerprint density at radius 1 is 1.09 bits per heavy atom. The van der Waals surface area contributed by atoms with Gasteiger partial charge in [0.05, 0.1) is 0 Å². The first kappa shape index (κ1) is 16.2. The Balaban J connectivity index is 2.09. The fraction of sp³-hybridized carbons (Fsp3) is 0.316. The number of hydrogen-bond donors (Lipinski definition) is 1. The molecular weight excluding hydrogens is 272 g/mol. The van der Waals surface area contributed by atoms with E-state index in [0.717, 1.165) is 17.5 Å². The van der Waals surface area contributed by atoms with Crippen LogP contribution in [0.2, 0.25) is 0 Å². The van der Waals surface area contributed by atoms with E-state index in [1.807, 2.05) is 24.4 Å². The van der Waals surface area contributed by atoms with Crippen LogP contribution in [0, 0.1) is 0 Å². The molecule has 3 heteroatoms. The quantitative estimate of drug-likeness (QED) is 0.887. The van der Waals surface area contributed by atoms with Crippen LogP contribution in [0.3, 0.4) is 0 Å². The lowest BCUT2D eigenvalue weighted by molar-refractivity contribution is 0.629. The van der Waals surface area contributed by atoms with E-state index in [4.69, 9.17) is 5.73 Å². The monoisotopic (exact) mass is 296 g/mol. The van der Waals surface area contributed by atoms with Crippen molar-refractivity contribution in [3.05, 3.63) is 69.6 Å². The maximum absolute atomic E-state index is 12.0. The first-order valence-electron chi connectivity index (χ1n) is 7.79. The van der Waals surface area contributed by atoms with Crippen LogP contribution < -0.4 is 11.3 Å². The van der Waals surface area contributed by atoms with Gasteiger partial charge < -0.3 is 10.3 Å². The summed E-state index contributed by atoms with van der Waals surface area (Å²) < 4.78 is 1.70. The summed E-state index contributed by atoms with van der Waals surface area (Å²) in [5, 5.41) is 0. The average molecular weight is 296 g/mol. The van der Waals surface area contributed by atoms with Crippen molar-refractivity contribution in [2.24, 2.45) is 5.73 Å². The fourth-order valence-electron chi connectivity index (χ4n) is 2.26. The lowest BCUT2D eigenvalue weighted by atomic mass is 10.0. The first-order chi connectivity index (χ1) is 10.6. The Morgan fingerprint density at radius 2 is 1.77 bits per heavy atom. The van der Waals surface area contributed by atoms with Gasteiger partial charge in [0.2, 0.25) is 0 Å². The molecule has 0 saturated heterocycles. The van der Waals surface area contributed by atoms with Crippen molar-refractivity contribution in [1.82, 2.24) is 4.57 Å². The molecule has 0 spiro atoms. The Labute approximate surface area is 132 Å². The van der Waals surface area contributed by atoms with Crippen LogP contribution in [0.4, 0.5) is 0 Å². The van der Waals surface area contributed by atoms with E-state index in [1.54, 1.807) is 10.6 Å². The highest BCUT2D eigenvalue weighted by molar-refractivity contribution is 5.69. The topological polar surface area (TPSA) is 48.0 Å². The largest absolute Gasteiger partial charge is 0.330 e. The molecule has 0 aliphatic rings. The second kappa shape index (κ2) is 7.76. The van der Waals surface area contributed by atoms with E-state index in [9.17, 15) is 4.79 Å². The number of benzene rings is 1. The summed E-state index contributed by atoms with van der Waals surface area (Å²) in [7, 11) is 0. The van der Waals surface area contributed by atoms with Gasteiger partial charge in [-0.3, -0.25) is 4.79 Å². The van der Waals surface area contributed by atoms with Crippen molar-refractivity contribution >= 4 is 12.2 Å². The van der Waals surface area contributed by atoms with Gasteiger partial charge in [0.15, 0.2) is 0 Å². The summed E-state index contributed by atoms with van der Waals surface area (Å²) in [6, 6.07) is 12.1. The molecule has 2 aromatic rings. The van der Waals surface area contributed by atoms with Gasteiger partial charge in [0, 0.05) is 18.8 Å². The van der Waals surface area contributed by atoms with Gasteiger partial charge in [-0.1, -0.05) is 50.3 Å². The number of hydrogen-bond acceptors (Lipinski definition) is 2. The van der Waals surface area contributed by atoms with Crippen molar-refractivity contribution in [2.45, 2.75) is 32.7 Å². The number of nitrogens with two attached hydrogens (primary N) is 1. The van der Waals surface area contributed by atoms with Crippen molar-refractivity contribution < 1.29 is 0 Å².